The van der Waals surface area contributed by atoms with Crippen LogP contribution in [0.3, 0.4) is 0 Å². The normalized spacial score (nSPS) is 11.2. The van der Waals surface area contributed by atoms with Crippen LogP contribution in [0.5, 0.6) is 0 Å². The lowest BCUT2D eigenvalue weighted by molar-refractivity contribution is 1.28. The molecule has 0 atom stereocenters. The van der Waals surface area contributed by atoms with Gasteiger partial charge >= 0.3 is 0 Å². The van der Waals surface area contributed by atoms with Crippen LogP contribution in [0.25, 0.3) is 99.4 Å². The van der Waals surface area contributed by atoms with E-state index in [1.54, 1.807) is 0 Å². The van der Waals surface area contributed by atoms with Crippen LogP contribution < -0.4 is 4.90 Å². The van der Waals surface area contributed by atoms with Crippen LogP contribution in [0.2, 0.25) is 0 Å². The molecule has 0 N–H and O–H groups in total. The molecule has 0 amide bonds. The van der Waals surface area contributed by atoms with Crippen LogP contribution in [-0.4, -0.2) is 0 Å². The zero-order valence-corrected chi connectivity index (χ0v) is 38.1. The van der Waals surface area contributed by atoms with Gasteiger partial charge in [-0.15, -0.1) is 0 Å². The van der Waals surface area contributed by atoms with Crippen molar-refractivity contribution < 1.29 is 0 Å². The van der Waals surface area contributed by atoms with E-state index in [0.29, 0.717) is 0 Å². The molecule has 324 valence electrons. The zero-order chi connectivity index (χ0) is 45.9. The predicted molar refractivity (Wildman–Crippen MR) is 294 cm³/mol. The quantitative estimate of drug-likeness (QED) is 0.124. The molecular weight excluding hydrogens is 831 g/mol. The predicted octanol–water partition coefficient (Wildman–Crippen LogP) is 19.1. The lowest BCUT2D eigenvalue weighted by Crippen LogP contribution is -2.10. The third-order valence-electron chi connectivity index (χ3n) is 13.5. The first-order chi connectivity index (χ1) is 34.2. The van der Waals surface area contributed by atoms with Gasteiger partial charge < -0.3 is 4.90 Å². The molecule has 0 saturated carbocycles. The first kappa shape index (κ1) is 41.4. The van der Waals surface area contributed by atoms with Crippen molar-refractivity contribution >= 4 is 38.6 Å². The van der Waals surface area contributed by atoms with Gasteiger partial charge in [0.15, 0.2) is 0 Å². The van der Waals surface area contributed by atoms with E-state index >= 15 is 0 Å². The minimum Gasteiger partial charge on any atom is -0.310 e. The minimum atomic E-state index is 1.08. The van der Waals surface area contributed by atoms with Gasteiger partial charge in [-0.3, -0.25) is 0 Å². The van der Waals surface area contributed by atoms with E-state index < -0.39 is 0 Å². The molecule has 0 fully saturated rings. The lowest BCUT2D eigenvalue weighted by atomic mass is 9.82. The van der Waals surface area contributed by atoms with Crippen molar-refractivity contribution in [3.63, 3.8) is 0 Å². The van der Waals surface area contributed by atoms with E-state index in [9.17, 15) is 0 Å². The standard InChI is InChI=1S/C68H47N/c1-6-20-48(21-7-1)55-30-18-31-59(46-55)69(57-41-36-49(37-42-57)56-40-45-60(50-22-8-2-9-23-50)65(47-56)51-24-10-3-11-25-51)58-43-38-52(39-44-58)61-34-19-35-64-62-32-16-17-33-63(62)66(53-26-12-4-13-27-53)67(68(61)64)54-28-14-5-15-29-54/h1-47H. The number of rotatable bonds is 10. The van der Waals surface area contributed by atoms with Crippen LogP contribution >= 0.6 is 0 Å². The molecule has 0 aliphatic carbocycles. The van der Waals surface area contributed by atoms with Crippen molar-refractivity contribution in [2.75, 3.05) is 4.90 Å². The average Bonchev–Trinajstić information content (AvgIpc) is 3.44. The number of benzene rings is 12. The smallest absolute Gasteiger partial charge is 0.0467 e. The Kier molecular flexibility index (Phi) is 11.0. The number of fused-ring (bicyclic) bond motifs is 3. The first-order valence-electron chi connectivity index (χ1n) is 23.7. The first-order valence-corrected chi connectivity index (χ1v) is 23.7. The van der Waals surface area contributed by atoms with E-state index in [-0.39, 0.29) is 0 Å². The number of anilines is 3. The maximum Gasteiger partial charge on any atom is 0.0467 e. The van der Waals surface area contributed by atoms with E-state index in [0.717, 1.165) is 28.2 Å². The average molecular weight is 878 g/mol. The molecule has 0 radical (unpaired) electrons. The van der Waals surface area contributed by atoms with Crippen LogP contribution in [0, 0.1) is 0 Å². The van der Waals surface area contributed by atoms with Gasteiger partial charge in [-0.2, -0.15) is 0 Å². The molecule has 12 aromatic rings. The van der Waals surface area contributed by atoms with Crippen molar-refractivity contribution in [3.8, 4) is 77.9 Å². The molecule has 0 heterocycles. The summed E-state index contributed by atoms with van der Waals surface area (Å²) in [5.74, 6) is 0. The van der Waals surface area contributed by atoms with E-state index in [4.69, 9.17) is 0 Å². The zero-order valence-electron chi connectivity index (χ0n) is 38.1. The summed E-state index contributed by atoms with van der Waals surface area (Å²) in [7, 11) is 0. The third kappa shape index (κ3) is 7.97. The molecular formula is C68H47N. The third-order valence-corrected chi connectivity index (χ3v) is 13.5. The Morgan fingerprint density at radius 2 is 0.594 bits per heavy atom. The van der Waals surface area contributed by atoms with Gasteiger partial charge in [0.2, 0.25) is 0 Å². The minimum absolute atomic E-state index is 1.08. The summed E-state index contributed by atoms with van der Waals surface area (Å²) in [5.41, 5.74) is 20.1. The molecule has 1 heteroatoms. The summed E-state index contributed by atoms with van der Waals surface area (Å²) in [6, 6.07) is 104. The summed E-state index contributed by atoms with van der Waals surface area (Å²) in [5, 5.41) is 5.00. The molecule has 12 aromatic carbocycles. The van der Waals surface area contributed by atoms with Gasteiger partial charge in [-0.1, -0.05) is 243 Å². The Morgan fingerprint density at radius 3 is 1.20 bits per heavy atom. The van der Waals surface area contributed by atoms with Crippen molar-refractivity contribution in [3.05, 3.63) is 285 Å². The van der Waals surface area contributed by atoms with Crippen molar-refractivity contribution in [2.24, 2.45) is 0 Å². The molecule has 0 bridgehead atoms. The lowest BCUT2D eigenvalue weighted by Gasteiger charge is -2.27. The highest BCUT2D eigenvalue weighted by Crippen LogP contribution is 2.48. The second-order valence-corrected chi connectivity index (χ2v) is 17.6. The Balaban J connectivity index is 0.991. The highest BCUT2D eigenvalue weighted by atomic mass is 15.1. The second-order valence-electron chi connectivity index (χ2n) is 17.6. The number of hydrogen-bond donors (Lipinski definition) is 0. The topological polar surface area (TPSA) is 3.24 Å². The second kappa shape index (κ2) is 18.3. The van der Waals surface area contributed by atoms with E-state index in [1.807, 2.05) is 0 Å². The SMILES string of the molecule is c1ccc(-c2cccc(N(c3ccc(-c4ccc(-c5ccccc5)c(-c5ccccc5)c4)cc3)c3ccc(-c4cccc5c4c(-c4ccccc4)c(-c4ccccc4)c4ccccc45)cc3)c2)cc1. The summed E-state index contributed by atoms with van der Waals surface area (Å²) >= 11 is 0. The Morgan fingerprint density at radius 1 is 0.188 bits per heavy atom. The molecule has 69 heavy (non-hydrogen) atoms. The molecule has 12 rings (SSSR count). The highest BCUT2D eigenvalue weighted by Gasteiger charge is 2.21. The van der Waals surface area contributed by atoms with E-state index in [1.165, 1.54) is 88.3 Å². The van der Waals surface area contributed by atoms with Gasteiger partial charge in [-0.25, -0.2) is 0 Å². The van der Waals surface area contributed by atoms with Gasteiger partial charge in [0.25, 0.3) is 0 Å². The Labute approximate surface area is 404 Å². The molecule has 0 aromatic heterocycles. The number of hydrogen-bond acceptors (Lipinski definition) is 1. The fourth-order valence-electron chi connectivity index (χ4n) is 10.2. The van der Waals surface area contributed by atoms with Crippen molar-refractivity contribution in [2.45, 2.75) is 0 Å². The van der Waals surface area contributed by atoms with Gasteiger partial charge in [0.1, 0.15) is 0 Å². The van der Waals surface area contributed by atoms with Gasteiger partial charge in [0, 0.05) is 17.1 Å². The maximum absolute atomic E-state index is 2.38. The van der Waals surface area contributed by atoms with Crippen molar-refractivity contribution in [1.29, 1.82) is 0 Å². The molecule has 0 aliphatic heterocycles. The highest BCUT2D eigenvalue weighted by molar-refractivity contribution is 6.25. The fourth-order valence-corrected chi connectivity index (χ4v) is 10.2. The van der Waals surface area contributed by atoms with Crippen LogP contribution in [0.15, 0.2) is 285 Å². The van der Waals surface area contributed by atoms with Crippen molar-refractivity contribution in [1.82, 2.24) is 0 Å². The maximum atomic E-state index is 2.38. The Hall–Kier alpha value is -9.04. The summed E-state index contributed by atoms with van der Waals surface area (Å²) in [4.78, 5) is 2.38. The summed E-state index contributed by atoms with van der Waals surface area (Å²) in [6.07, 6.45) is 0. The van der Waals surface area contributed by atoms with Crippen LogP contribution in [0.1, 0.15) is 0 Å². The van der Waals surface area contributed by atoms with Crippen LogP contribution in [-0.2, 0) is 0 Å². The summed E-state index contributed by atoms with van der Waals surface area (Å²) < 4.78 is 0. The monoisotopic (exact) mass is 877 g/mol. The molecule has 1 nitrogen and oxygen atoms in total. The molecule has 0 spiro atoms. The summed E-state index contributed by atoms with van der Waals surface area (Å²) in [6.45, 7) is 0. The molecule has 0 aliphatic rings. The number of nitrogens with zero attached hydrogens (tertiary/aromatic N) is 1. The largest absolute Gasteiger partial charge is 0.310 e. The molecule has 0 unspecified atom stereocenters. The Bertz CT molecular complexity index is 3720. The van der Waals surface area contributed by atoms with Gasteiger partial charge in [0.05, 0.1) is 0 Å². The fraction of sp³-hybridized carbons (Fsp3) is 0. The van der Waals surface area contributed by atoms with Gasteiger partial charge in [-0.05, 0) is 142 Å². The van der Waals surface area contributed by atoms with E-state index in [2.05, 4.69) is 290 Å². The van der Waals surface area contributed by atoms with Crippen LogP contribution in [0.4, 0.5) is 17.1 Å². The molecule has 0 saturated heterocycles.